The molecule has 0 bridgehead atoms. The largest absolute Gasteiger partial charge is 0.496 e. The first kappa shape index (κ1) is 19.8. The van der Waals surface area contributed by atoms with Crippen molar-refractivity contribution >= 4 is 10.0 Å². The lowest BCUT2D eigenvalue weighted by Crippen LogP contribution is -2.45. The topological polar surface area (TPSA) is 64.6 Å². The fraction of sp³-hybridized carbons (Fsp3) is 0.647. The standard InChI is InChI=1S/C17H29NO4S/c1-12-9-14(22-8)15(10-13(12)21-7)23(19,20)18-17(5,6)11-16(2,3)4/h9-10,18H,11H2,1-8H3. The summed E-state index contributed by atoms with van der Waals surface area (Å²) in [6, 6.07) is 3.17. The summed E-state index contributed by atoms with van der Waals surface area (Å²) in [7, 11) is -0.763. The van der Waals surface area contributed by atoms with Crippen molar-refractivity contribution in [1.29, 1.82) is 0 Å². The fourth-order valence-electron chi connectivity index (χ4n) is 3.01. The Morgan fingerprint density at radius 2 is 1.52 bits per heavy atom. The van der Waals surface area contributed by atoms with Gasteiger partial charge in [-0.05, 0) is 44.2 Å². The Bertz CT molecular complexity index is 658. The molecule has 1 aromatic carbocycles. The molecule has 0 saturated carbocycles. The van der Waals surface area contributed by atoms with Crippen molar-refractivity contribution in [2.45, 2.75) is 58.4 Å². The van der Waals surface area contributed by atoms with Crippen molar-refractivity contribution in [3.8, 4) is 11.5 Å². The zero-order chi connectivity index (χ0) is 18.1. The van der Waals surface area contributed by atoms with Gasteiger partial charge in [0, 0.05) is 11.6 Å². The summed E-state index contributed by atoms with van der Waals surface area (Å²) in [5, 5.41) is 0. The van der Waals surface area contributed by atoms with Gasteiger partial charge >= 0.3 is 0 Å². The maximum absolute atomic E-state index is 12.8. The van der Waals surface area contributed by atoms with Crippen LogP contribution in [0.1, 0.15) is 46.6 Å². The number of hydrogen-bond donors (Lipinski definition) is 1. The van der Waals surface area contributed by atoms with Crippen molar-refractivity contribution < 1.29 is 17.9 Å². The number of rotatable bonds is 6. The lowest BCUT2D eigenvalue weighted by atomic mass is 9.82. The minimum Gasteiger partial charge on any atom is -0.496 e. The Balaban J connectivity index is 3.28. The molecule has 0 saturated heterocycles. The van der Waals surface area contributed by atoms with Crippen LogP contribution in [0, 0.1) is 12.3 Å². The highest BCUT2D eigenvalue weighted by molar-refractivity contribution is 7.89. The van der Waals surface area contributed by atoms with Crippen LogP contribution in [-0.2, 0) is 10.0 Å². The number of nitrogens with one attached hydrogen (secondary N) is 1. The van der Waals surface area contributed by atoms with Crippen molar-refractivity contribution in [3.63, 3.8) is 0 Å². The van der Waals surface area contributed by atoms with Gasteiger partial charge in [-0.25, -0.2) is 13.1 Å². The van der Waals surface area contributed by atoms with Crippen LogP contribution in [-0.4, -0.2) is 28.2 Å². The van der Waals surface area contributed by atoms with Crippen LogP contribution in [0.2, 0.25) is 0 Å². The summed E-state index contributed by atoms with van der Waals surface area (Å²) in [6.07, 6.45) is 0.699. The summed E-state index contributed by atoms with van der Waals surface area (Å²) in [4.78, 5) is 0.0874. The Kier molecular flexibility index (Phi) is 5.75. The summed E-state index contributed by atoms with van der Waals surface area (Å²) in [6.45, 7) is 11.9. The molecule has 0 aliphatic heterocycles. The molecule has 1 aromatic rings. The zero-order valence-electron chi connectivity index (χ0n) is 15.4. The molecule has 132 valence electrons. The van der Waals surface area contributed by atoms with Gasteiger partial charge in [-0.1, -0.05) is 20.8 Å². The molecule has 0 spiro atoms. The second kappa shape index (κ2) is 6.69. The van der Waals surface area contributed by atoms with E-state index in [0.717, 1.165) is 5.56 Å². The van der Waals surface area contributed by atoms with Crippen LogP contribution in [0.25, 0.3) is 0 Å². The van der Waals surface area contributed by atoms with E-state index in [9.17, 15) is 8.42 Å². The Labute approximate surface area is 140 Å². The second-order valence-electron chi connectivity index (χ2n) is 7.70. The lowest BCUT2D eigenvalue weighted by molar-refractivity contribution is 0.269. The quantitative estimate of drug-likeness (QED) is 0.858. The molecule has 0 fully saturated rings. The van der Waals surface area contributed by atoms with Crippen LogP contribution in [0.3, 0.4) is 0 Å². The SMILES string of the molecule is COc1cc(S(=O)(=O)NC(C)(C)CC(C)(C)C)c(OC)cc1C. The van der Waals surface area contributed by atoms with Crippen molar-refractivity contribution in [2.75, 3.05) is 14.2 Å². The van der Waals surface area contributed by atoms with Gasteiger partial charge in [-0.15, -0.1) is 0 Å². The molecular formula is C17H29NO4S. The normalized spacial score (nSPS) is 13.0. The Morgan fingerprint density at radius 3 is 1.96 bits per heavy atom. The van der Waals surface area contributed by atoms with Crippen LogP contribution in [0.5, 0.6) is 11.5 Å². The highest BCUT2D eigenvalue weighted by Crippen LogP contribution is 2.33. The third kappa shape index (κ3) is 5.39. The van der Waals surface area contributed by atoms with Crippen LogP contribution in [0.15, 0.2) is 17.0 Å². The van der Waals surface area contributed by atoms with Gasteiger partial charge in [-0.3, -0.25) is 0 Å². The van der Waals surface area contributed by atoms with Crippen molar-refractivity contribution in [1.82, 2.24) is 4.72 Å². The second-order valence-corrected chi connectivity index (χ2v) is 9.35. The van der Waals surface area contributed by atoms with Crippen LogP contribution < -0.4 is 14.2 Å². The van der Waals surface area contributed by atoms with E-state index >= 15 is 0 Å². The Morgan fingerprint density at radius 1 is 1.00 bits per heavy atom. The summed E-state index contributed by atoms with van der Waals surface area (Å²) >= 11 is 0. The number of ether oxygens (including phenoxy) is 2. The summed E-state index contributed by atoms with van der Waals surface area (Å²) in [5.74, 6) is 0.821. The smallest absolute Gasteiger partial charge is 0.244 e. The molecule has 0 aliphatic carbocycles. The molecule has 0 aromatic heterocycles. The molecular weight excluding hydrogens is 314 g/mol. The van der Waals surface area contributed by atoms with Crippen LogP contribution >= 0.6 is 0 Å². The molecule has 6 heteroatoms. The maximum atomic E-state index is 12.8. The third-order valence-electron chi connectivity index (χ3n) is 3.35. The van der Waals surface area contributed by atoms with E-state index in [0.29, 0.717) is 17.9 Å². The van der Waals surface area contributed by atoms with E-state index in [4.69, 9.17) is 9.47 Å². The molecule has 1 N–H and O–H groups in total. The van der Waals surface area contributed by atoms with Crippen molar-refractivity contribution in [2.24, 2.45) is 5.41 Å². The first-order chi connectivity index (χ1) is 10.3. The van der Waals surface area contributed by atoms with E-state index in [1.54, 1.807) is 6.07 Å². The predicted molar refractivity (Wildman–Crippen MR) is 92.8 cm³/mol. The average Bonchev–Trinajstić information content (AvgIpc) is 2.33. The Hall–Kier alpha value is -1.27. The number of benzene rings is 1. The molecule has 5 nitrogen and oxygen atoms in total. The molecule has 0 atom stereocenters. The van der Waals surface area contributed by atoms with E-state index in [2.05, 4.69) is 25.5 Å². The monoisotopic (exact) mass is 343 g/mol. The zero-order valence-corrected chi connectivity index (χ0v) is 16.2. The van der Waals surface area contributed by atoms with E-state index in [1.165, 1.54) is 20.3 Å². The van der Waals surface area contributed by atoms with Gasteiger partial charge < -0.3 is 9.47 Å². The van der Waals surface area contributed by atoms with E-state index in [-0.39, 0.29) is 10.3 Å². The van der Waals surface area contributed by atoms with Gasteiger partial charge in [0.25, 0.3) is 0 Å². The van der Waals surface area contributed by atoms with Gasteiger partial charge in [0.05, 0.1) is 14.2 Å². The van der Waals surface area contributed by atoms with E-state index in [1.807, 2.05) is 20.8 Å². The van der Waals surface area contributed by atoms with E-state index < -0.39 is 15.6 Å². The molecule has 23 heavy (non-hydrogen) atoms. The predicted octanol–water partition coefficient (Wildman–Crippen LogP) is 3.51. The highest BCUT2D eigenvalue weighted by atomic mass is 32.2. The average molecular weight is 343 g/mol. The molecule has 0 aliphatic rings. The summed E-state index contributed by atoms with van der Waals surface area (Å²) in [5.41, 5.74) is 0.235. The maximum Gasteiger partial charge on any atom is 0.244 e. The minimum atomic E-state index is -3.74. The first-order valence-corrected chi connectivity index (χ1v) is 9.06. The van der Waals surface area contributed by atoms with Crippen LogP contribution in [0.4, 0.5) is 0 Å². The van der Waals surface area contributed by atoms with Gasteiger partial charge in [-0.2, -0.15) is 0 Å². The highest BCUT2D eigenvalue weighted by Gasteiger charge is 2.32. The number of sulfonamides is 1. The van der Waals surface area contributed by atoms with Gasteiger partial charge in [0.2, 0.25) is 10.0 Å². The molecule has 0 radical (unpaired) electrons. The van der Waals surface area contributed by atoms with Gasteiger partial charge in [0.1, 0.15) is 16.4 Å². The first-order valence-electron chi connectivity index (χ1n) is 7.58. The third-order valence-corrected chi connectivity index (χ3v) is 5.07. The molecule has 0 amide bonds. The lowest BCUT2D eigenvalue weighted by Gasteiger charge is -2.33. The number of methoxy groups -OCH3 is 2. The number of aryl methyl sites for hydroxylation is 1. The fourth-order valence-corrected chi connectivity index (χ4v) is 4.59. The molecule has 1 rings (SSSR count). The minimum absolute atomic E-state index is 0.00106. The van der Waals surface area contributed by atoms with Gasteiger partial charge in [0.15, 0.2) is 0 Å². The van der Waals surface area contributed by atoms with Crippen molar-refractivity contribution in [3.05, 3.63) is 17.7 Å². The molecule has 0 unspecified atom stereocenters. The summed E-state index contributed by atoms with van der Waals surface area (Å²) < 4.78 is 39.0. The molecule has 0 heterocycles. The number of hydrogen-bond acceptors (Lipinski definition) is 4.